The lowest BCUT2D eigenvalue weighted by Crippen LogP contribution is -2.49. The highest BCUT2D eigenvalue weighted by Crippen LogP contribution is 2.19. The molecule has 0 amide bonds. The summed E-state index contributed by atoms with van der Waals surface area (Å²) < 4.78 is 11.0. The van der Waals surface area contributed by atoms with Gasteiger partial charge < -0.3 is 15.2 Å². The van der Waals surface area contributed by atoms with Crippen molar-refractivity contribution in [1.82, 2.24) is 0 Å². The van der Waals surface area contributed by atoms with Crippen LogP contribution < -0.4 is 5.73 Å². The molecule has 2 atom stereocenters. The smallest absolute Gasteiger partial charge is 0.0964 e. The summed E-state index contributed by atoms with van der Waals surface area (Å²) in [5.74, 6) is 0. The Morgan fingerprint density at radius 1 is 1.55 bits per heavy atom. The lowest BCUT2D eigenvalue weighted by molar-refractivity contribution is -0.186. The van der Waals surface area contributed by atoms with Crippen LogP contribution in [0.4, 0.5) is 0 Å². The maximum Gasteiger partial charge on any atom is 0.0964 e. The minimum absolute atomic E-state index is 0.0505. The number of hydrogen-bond donors (Lipinski definition) is 1. The second kappa shape index (κ2) is 3.09. The SMILES string of the molecule is C[C@@H](N)C1COCC(C)(C)O1. The molecule has 0 aromatic carbocycles. The highest BCUT2D eigenvalue weighted by Gasteiger charge is 2.30. The molecule has 1 rings (SSSR count). The van der Waals surface area contributed by atoms with Crippen molar-refractivity contribution in [3.63, 3.8) is 0 Å². The van der Waals surface area contributed by atoms with E-state index in [4.69, 9.17) is 15.2 Å². The van der Waals surface area contributed by atoms with Gasteiger partial charge >= 0.3 is 0 Å². The van der Waals surface area contributed by atoms with Crippen LogP contribution in [0.25, 0.3) is 0 Å². The van der Waals surface area contributed by atoms with E-state index in [1.54, 1.807) is 0 Å². The molecule has 1 heterocycles. The molecule has 2 N–H and O–H groups in total. The van der Waals surface area contributed by atoms with Crippen molar-refractivity contribution in [2.75, 3.05) is 13.2 Å². The Morgan fingerprint density at radius 2 is 2.18 bits per heavy atom. The summed E-state index contributed by atoms with van der Waals surface area (Å²) in [5.41, 5.74) is 5.51. The molecule has 1 aliphatic rings. The summed E-state index contributed by atoms with van der Waals surface area (Å²) in [4.78, 5) is 0. The van der Waals surface area contributed by atoms with Gasteiger partial charge in [-0.3, -0.25) is 0 Å². The molecule has 0 aliphatic carbocycles. The maximum absolute atomic E-state index is 5.69. The number of rotatable bonds is 1. The Bertz CT molecular complexity index is 134. The van der Waals surface area contributed by atoms with Crippen LogP contribution in [0.15, 0.2) is 0 Å². The van der Waals surface area contributed by atoms with Crippen LogP contribution >= 0.6 is 0 Å². The second-order valence-electron chi connectivity index (χ2n) is 3.79. The van der Waals surface area contributed by atoms with Gasteiger partial charge in [0.2, 0.25) is 0 Å². The van der Waals surface area contributed by atoms with Gasteiger partial charge in [0.25, 0.3) is 0 Å². The number of ether oxygens (including phenoxy) is 2. The van der Waals surface area contributed by atoms with E-state index in [2.05, 4.69) is 0 Å². The Morgan fingerprint density at radius 3 is 2.55 bits per heavy atom. The fourth-order valence-electron chi connectivity index (χ4n) is 1.16. The summed E-state index contributed by atoms with van der Waals surface area (Å²) >= 11 is 0. The highest BCUT2D eigenvalue weighted by atomic mass is 16.6. The molecule has 66 valence electrons. The Balaban J connectivity index is 2.46. The minimum Gasteiger partial charge on any atom is -0.376 e. The first kappa shape index (κ1) is 8.97. The van der Waals surface area contributed by atoms with Gasteiger partial charge in [-0.1, -0.05) is 0 Å². The fourth-order valence-corrected chi connectivity index (χ4v) is 1.16. The first-order chi connectivity index (χ1) is 5.01. The molecule has 1 fully saturated rings. The quantitative estimate of drug-likeness (QED) is 0.607. The predicted molar refractivity (Wildman–Crippen MR) is 43.4 cm³/mol. The molecule has 3 heteroatoms. The van der Waals surface area contributed by atoms with E-state index in [9.17, 15) is 0 Å². The van der Waals surface area contributed by atoms with Gasteiger partial charge in [-0.05, 0) is 20.8 Å². The van der Waals surface area contributed by atoms with Crippen LogP contribution in [0.2, 0.25) is 0 Å². The van der Waals surface area contributed by atoms with Crippen molar-refractivity contribution in [3.8, 4) is 0 Å². The number of nitrogens with two attached hydrogens (primary N) is 1. The Kier molecular flexibility index (Phi) is 2.52. The van der Waals surface area contributed by atoms with Crippen LogP contribution in [-0.4, -0.2) is 31.0 Å². The van der Waals surface area contributed by atoms with E-state index in [1.165, 1.54) is 0 Å². The Hall–Kier alpha value is -0.120. The van der Waals surface area contributed by atoms with Gasteiger partial charge in [-0.2, -0.15) is 0 Å². The molecule has 0 aromatic heterocycles. The zero-order valence-electron chi connectivity index (χ0n) is 7.46. The monoisotopic (exact) mass is 159 g/mol. The summed E-state index contributed by atoms with van der Waals surface area (Å²) in [6.07, 6.45) is 0.0544. The second-order valence-corrected chi connectivity index (χ2v) is 3.79. The lowest BCUT2D eigenvalue weighted by atomic mass is 10.1. The molecule has 3 nitrogen and oxygen atoms in total. The van der Waals surface area contributed by atoms with Gasteiger partial charge in [0.1, 0.15) is 0 Å². The molecule has 0 bridgehead atoms. The van der Waals surface area contributed by atoms with E-state index in [0.717, 1.165) is 0 Å². The largest absolute Gasteiger partial charge is 0.376 e. The van der Waals surface area contributed by atoms with Crippen molar-refractivity contribution in [2.24, 2.45) is 5.73 Å². The Labute approximate surface area is 67.9 Å². The highest BCUT2D eigenvalue weighted by molar-refractivity contribution is 4.79. The molecule has 11 heavy (non-hydrogen) atoms. The zero-order chi connectivity index (χ0) is 8.48. The van der Waals surface area contributed by atoms with Crippen LogP contribution in [0.5, 0.6) is 0 Å². The average Bonchev–Trinajstić information content (AvgIpc) is 1.85. The van der Waals surface area contributed by atoms with Crippen LogP contribution in [0, 0.1) is 0 Å². The average molecular weight is 159 g/mol. The van der Waals surface area contributed by atoms with E-state index in [1.807, 2.05) is 20.8 Å². The van der Waals surface area contributed by atoms with Gasteiger partial charge in [0, 0.05) is 6.04 Å². The minimum atomic E-state index is -0.170. The van der Waals surface area contributed by atoms with Crippen LogP contribution in [0.3, 0.4) is 0 Å². The van der Waals surface area contributed by atoms with Crippen molar-refractivity contribution < 1.29 is 9.47 Å². The summed E-state index contributed by atoms with van der Waals surface area (Å²) in [6.45, 7) is 7.26. The summed E-state index contributed by atoms with van der Waals surface area (Å²) in [5, 5.41) is 0. The molecule has 0 spiro atoms. The molecule has 0 aromatic rings. The van der Waals surface area contributed by atoms with Crippen LogP contribution in [0.1, 0.15) is 20.8 Å². The molecular formula is C8H17NO2. The lowest BCUT2D eigenvalue weighted by Gasteiger charge is -2.37. The molecule has 0 radical (unpaired) electrons. The third-order valence-electron chi connectivity index (χ3n) is 1.79. The first-order valence-corrected chi connectivity index (χ1v) is 4.02. The normalized spacial score (nSPS) is 33.3. The molecule has 1 unspecified atom stereocenters. The van der Waals surface area contributed by atoms with E-state index < -0.39 is 0 Å². The molecule has 1 aliphatic heterocycles. The fraction of sp³-hybridized carbons (Fsp3) is 1.00. The van der Waals surface area contributed by atoms with Crippen molar-refractivity contribution in [1.29, 1.82) is 0 Å². The molecular weight excluding hydrogens is 142 g/mol. The third-order valence-corrected chi connectivity index (χ3v) is 1.79. The van der Waals surface area contributed by atoms with Gasteiger partial charge in [0.15, 0.2) is 0 Å². The summed E-state index contributed by atoms with van der Waals surface area (Å²) in [7, 11) is 0. The topological polar surface area (TPSA) is 44.5 Å². The standard InChI is InChI=1S/C8H17NO2/c1-6(9)7-4-10-5-8(2,3)11-7/h6-7H,4-5,9H2,1-3H3/t6-,7?/m1/s1. The van der Waals surface area contributed by atoms with Crippen molar-refractivity contribution in [2.45, 2.75) is 38.5 Å². The van der Waals surface area contributed by atoms with E-state index in [0.29, 0.717) is 13.2 Å². The van der Waals surface area contributed by atoms with Gasteiger partial charge in [0.05, 0.1) is 24.9 Å². The zero-order valence-corrected chi connectivity index (χ0v) is 7.46. The van der Waals surface area contributed by atoms with Crippen LogP contribution in [-0.2, 0) is 9.47 Å². The number of hydrogen-bond acceptors (Lipinski definition) is 3. The van der Waals surface area contributed by atoms with Crippen molar-refractivity contribution >= 4 is 0 Å². The van der Waals surface area contributed by atoms with Gasteiger partial charge in [-0.15, -0.1) is 0 Å². The van der Waals surface area contributed by atoms with Gasteiger partial charge in [-0.25, -0.2) is 0 Å². The third kappa shape index (κ3) is 2.43. The van der Waals surface area contributed by atoms with E-state index in [-0.39, 0.29) is 17.7 Å². The van der Waals surface area contributed by atoms with E-state index >= 15 is 0 Å². The maximum atomic E-state index is 5.69. The molecule has 0 saturated carbocycles. The predicted octanol–water partition coefficient (Wildman–Crippen LogP) is 0.528. The molecule has 1 saturated heterocycles. The first-order valence-electron chi connectivity index (χ1n) is 4.02. The van der Waals surface area contributed by atoms with Crippen molar-refractivity contribution in [3.05, 3.63) is 0 Å². The summed E-state index contributed by atoms with van der Waals surface area (Å²) in [6, 6.07) is 0.0505.